The molecule has 2 heterocycles. The second-order valence-electron chi connectivity index (χ2n) is 7.10. The molecular formula is C23H19IrN2-. The molecule has 0 atom stereocenters. The van der Waals surface area contributed by atoms with Gasteiger partial charge in [-0.3, -0.25) is 4.98 Å². The SMILES string of the molecule is Cc1cc[c-]c2c1c1ccccc1n1c3cc(C(C)C)ccc3nc21.[Ir]. The summed E-state index contributed by atoms with van der Waals surface area (Å²) in [6.45, 7) is 6.63. The monoisotopic (exact) mass is 516 g/mol. The Morgan fingerprint density at radius 2 is 1.81 bits per heavy atom. The third-order valence-electron chi connectivity index (χ3n) is 5.19. The van der Waals surface area contributed by atoms with Crippen LogP contribution >= 0.6 is 0 Å². The van der Waals surface area contributed by atoms with Crippen LogP contribution in [0.15, 0.2) is 54.6 Å². The Bertz CT molecular complexity index is 1280. The van der Waals surface area contributed by atoms with Gasteiger partial charge in [0.05, 0.1) is 16.7 Å². The first-order valence-electron chi connectivity index (χ1n) is 8.79. The molecule has 2 nitrogen and oxygen atoms in total. The standard InChI is InChI=1S/C23H19N2.Ir/c1-14(2)16-11-12-19-21(13-16)25-20-10-5-4-8-17(20)22-15(3)7-6-9-18(22)23(25)24-19;/h4-8,10-14H,1-3H3;/q-1;. The summed E-state index contributed by atoms with van der Waals surface area (Å²) in [5.41, 5.74) is 7.02. The molecular weight excluding hydrogens is 496 g/mol. The van der Waals surface area contributed by atoms with E-state index in [9.17, 15) is 0 Å². The second kappa shape index (κ2) is 6.19. The molecule has 26 heavy (non-hydrogen) atoms. The zero-order chi connectivity index (χ0) is 17.1. The van der Waals surface area contributed by atoms with Gasteiger partial charge >= 0.3 is 0 Å². The number of imidazole rings is 1. The molecule has 2 aromatic heterocycles. The van der Waals surface area contributed by atoms with Gasteiger partial charge < -0.3 is 4.40 Å². The number of benzene rings is 3. The number of pyridine rings is 1. The molecule has 0 saturated heterocycles. The van der Waals surface area contributed by atoms with Crippen molar-refractivity contribution in [2.45, 2.75) is 26.7 Å². The Morgan fingerprint density at radius 3 is 2.62 bits per heavy atom. The molecule has 1 radical (unpaired) electrons. The quantitative estimate of drug-likeness (QED) is 0.197. The van der Waals surface area contributed by atoms with Gasteiger partial charge in [0.2, 0.25) is 0 Å². The first-order valence-corrected chi connectivity index (χ1v) is 8.79. The fraction of sp³-hybridized carbons (Fsp3) is 0.174. The van der Waals surface area contributed by atoms with Gasteiger partial charge in [0, 0.05) is 25.6 Å². The van der Waals surface area contributed by atoms with E-state index in [1.807, 2.05) is 6.07 Å². The molecule has 0 spiro atoms. The largest absolute Gasteiger partial charge is 0.333 e. The van der Waals surface area contributed by atoms with Crippen molar-refractivity contribution in [2.24, 2.45) is 0 Å². The van der Waals surface area contributed by atoms with E-state index in [0.717, 1.165) is 16.6 Å². The van der Waals surface area contributed by atoms with Gasteiger partial charge in [0.15, 0.2) is 0 Å². The number of aromatic nitrogens is 2. The van der Waals surface area contributed by atoms with Gasteiger partial charge in [-0.15, -0.1) is 23.8 Å². The maximum absolute atomic E-state index is 4.97. The molecule has 3 heteroatoms. The van der Waals surface area contributed by atoms with E-state index < -0.39 is 0 Å². The average Bonchev–Trinajstić information content (AvgIpc) is 3.01. The first-order chi connectivity index (χ1) is 12.1. The minimum atomic E-state index is 0. The third-order valence-corrected chi connectivity index (χ3v) is 5.19. The second-order valence-corrected chi connectivity index (χ2v) is 7.10. The Labute approximate surface area is 166 Å². The van der Waals surface area contributed by atoms with Crippen LogP contribution < -0.4 is 0 Å². The van der Waals surface area contributed by atoms with Crippen molar-refractivity contribution in [3.05, 3.63) is 71.8 Å². The van der Waals surface area contributed by atoms with E-state index in [0.29, 0.717) is 5.92 Å². The van der Waals surface area contributed by atoms with E-state index in [4.69, 9.17) is 4.98 Å². The van der Waals surface area contributed by atoms with Crippen LogP contribution in [-0.2, 0) is 20.1 Å². The van der Waals surface area contributed by atoms with Crippen LogP contribution in [0.2, 0.25) is 0 Å². The Hall–Kier alpha value is -2.22. The number of rotatable bonds is 1. The maximum Gasteiger partial charge on any atom is 0.0774 e. The molecule has 0 aliphatic rings. The summed E-state index contributed by atoms with van der Waals surface area (Å²) in [6.07, 6.45) is 0. The van der Waals surface area contributed by atoms with Crippen molar-refractivity contribution in [3.8, 4) is 0 Å². The van der Waals surface area contributed by atoms with Crippen LogP contribution in [0.25, 0.3) is 38.4 Å². The van der Waals surface area contributed by atoms with Crippen molar-refractivity contribution in [1.29, 1.82) is 0 Å². The van der Waals surface area contributed by atoms with Crippen molar-refractivity contribution in [3.63, 3.8) is 0 Å². The van der Waals surface area contributed by atoms with Crippen LogP contribution in [0.1, 0.15) is 30.9 Å². The normalized spacial score (nSPS) is 11.7. The van der Waals surface area contributed by atoms with E-state index in [2.05, 4.69) is 79.8 Å². The summed E-state index contributed by atoms with van der Waals surface area (Å²) < 4.78 is 2.30. The third kappa shape index (κ3) is 2.31. The number of hydrogen-bond acceptors (Lipinski definition) is 1. The van der Waals surface area contributed by atoms with Gasteiger partial charge in [-0.1, -0.05) is 55.8 Å². The molecule has 0 fully saturated rings. The van der Waals surface area contributed by atoms with E-state index in [1.54, 1.807) is 0 Å². The van der Waals surface area contributed by atoms with Gasteiger partial charge in [0.25, 0.3) is 0 Å². The maximum atomic E-state index is 4.97. The molecule has 0 N–H and O–H groups in total. The van der Waals surface area contributed by atoms with Crippen LogP contribution in [0.4, 0.5) is 0 Å². The van der Waals surface area contributed by atoms with Crippen molar-refractivity contribution in [2.75, 3.05) is 0 Å². The molecule has 0 amide bonds. The van der Waals surface area contributed by atoms with Gasteiger partial charge in [-0.25, -0.2) is 0 Å². The van der Waals surface area contributed by atoms with Crippen LogP contribution in [0, 0.1) is 13.0 Å². The first kappa shape index (κ1) is 17.2. The van der Waals surface area contributed by atoms with Crippen molar-refractivity contribution < 1.29 is 20.1 Å². The van der Waals surface area contributed by atoms with E-state index in [1.165, 1.54) is 32.9 Å². The number of hydrogen-bond donors (Lipinski definition) is 0. The smallest absolute Gasteiger partial charge is 0.0774 e. The van der Waals surface area contributed by atoms with Crippen LogP contribution in [0.3, 0.4) is 0 Å². The summed E-state index contributed by atoms with van der Waals surface area (Å²) >= 11 is 0. The molecule has 0 bridgehead atoms. The van der Waals surface area contributed by atoms with E-state index in [-0.39, 0.29) is 20.1 Å². The molecule has 3 aromatic carbocycles. The van der Waals surface area contributed by atoms with Crippen molar-refractivity contribution in [1.82, 2.24) is 9.38 Å². The zero-order valence-corrected chi connectivity index (χ0v) is 17.4. The van der Waals surface area contributed by atoms with Crippen LogP contribution in [0.5, 0.6) is 0 Å². The zero-order valence-electron chi connectivity index (χ0n) is 15.0. The van der Waals surface area contributed by atoms with Crippen molar-refractivity contribution >= 4 is 38.4 Å². The van der Waals surface area contributed by atoms with Gasteiger partial charge in [-0.05, 0) is 35.1 Å². The fourth-order valence-corrected chi connectivity index (χ4v) is 3.87. The summed E-state index contributed by atoms with van der Waals surface area (Å²) in [4.78, 5) is 4.97. The molecule has 0 unspecified atom stereocenters. The molecule has 5 rings (SSSR count). The number of fused-ring (bicyclic) bond motifs is 8. The molecule has 0 aliphatic heterocycles. The molecule has 5 aromatic rings. The van der Waals surface area contributed by atoms with Gasteiger partial charge in [0.1, 0.15) is 0 Å². The van der Waals surface area contributed by atoms with Crippen LogP contribution in [-0.4, -0.2) is 9.38 Å². The average molecular weight is 516 g/mol. The minimum Gasteiger partial charge on any atom is -0.333 e. The molecule has 0 aliphatic carbocycles. The fourth-order valence-electron chi connectivity index (χ4n) is 3.87. The topological polar surface area (TPSA) is 17.3 Å². The summed E-state index contributed by atoms with van der Waals surface area (Å²) in [6, 6.07) is 22.8. The number of aryl methyl sites for hydroxylation is 1. The minimum absolute atomic E-state index is 0. The summed E-state index contributed by atoms with van der Waals surface area (Å²) in [5.74, 6) is 0.496. The predicted molar refractivity (Wildman–Crippen MR) is 105 cm³/mol. The predicted octanol–water partition coefficient (Wildman–Crippen LogP) is 6.02. The van der Waals surface area contributed by atoms with E-state index >= 15 is 0 Å². The Morgan fingerprint density at radius 1 is 1.00 bits per heavy atom. The number of nitrogens with zero attached hydrogens (tertiary/aromatic N) is 2. The van der Waals surface area contributed by atoms with Gasteiger partial charge in [-0.2, -0.15) is 0 Å². The Balaban J connectivity index is 0.00000168. The summed E-state index contributed by atoms with van der Waals surface area (Å²) in [7, 11) is 0. The molecule has 131 valence electrons. The Kier molecular flexibility index (Phi) is 4.10. The number of para-hydroxylation sites is 1. The molecule has 0 saturated carbocycles. The summed E-state index contributed by atoms with van der Waals surface area (Å²) in [5, 5.41) is 3.61.